The van der Waals surface area contributed by atoms with Gasteiger partial charge in [0.15, 0.2) is 0 Å². The van der Waals surface area contributed by atoms with Crippen LogP contribution in [0.25, 0.3) is 111 Å². The number of rotatable bonds is 11. The lowest BCUT2D eigenvalue weighted by molar-refractivity contribution is 1.28. The Kier molecular flexibility index (Phi) is 12.0. The molecule has 0 bridgehead atoms. The van der Waals surface area contributed by atoms with E-state index in [1.54, 1.807) is 0 Å². The van der Waals surface area contributed by atoms with E-state index in [1.165, 1.54) is 77.2 Å². The van der Waals surface area contributed by atoms with Gasteiger partial charge in [-0.3, -0.25) is 0 Å². The molecule has 75 heavy (non-hydrogen) atoms. The standard InChI is InChI=1S/C74H51N/c1-7-23-52(24-8-1)60-45-50-63(70(51-60)55-29-13-4-14-30-55)56-41-46-61(47-42-56)75(74-65(53-25-9-2-10-26-53)38-22-39-66(74)54-27-11-3-12-28-54)62-48-43-57(44-49-62)64-37-21-40-69-67-35-19-20-36-68(67)71(58-31-15-5-16-32-58)72(73(64)69)59-33-17-6-18-34-59/h1-51H. The summed E-state index contributed by atoms with van der Waals surface area (Å²) in [6.45, 7) is 0. The number of hydrogen-bond donors (Lipinski definition) is 0. The van der Waals surface area contributed by atoms with Gasteiger partial charge in [0.05, 0.1) is 5.69 Å². The molecule has 0 radical (unpaired) electrons. The smallest absolute Gasteiger partial charge is 0.0618 e. The molecule has 1 nitrogen and oxygen atoms in total. The summed E-state index contributed by atoms with van der Waals surface area (Å²) in [5.74, 6) is 0. The molecule has 0 aliphatic heterocycles. The summed E-state index contributed by atoms with van der Waals surface area (Å²) in [5.41, 5.74) is 22.2. The fourth-order valence-corrected chi connectivity index (χ4v) is 11.2. The molecule has 0 saturated carbocycles. The molecule has 0 amide bonds. The van der Waals surface area contributed by atoms with Crippen LogP contribution in [-0.2, 0) is 0 Å². The van der Waals surface area contributed by atoms with Crippen LogP contribution >= 0.6 is 0 Å². The average molecular weight is 954 g/mol. The van der Waals surface area contributed by atoms with E-state index in [0.29, 0.717) is 0 Å². The molecular formula is C74H51N. The zero-order valence-corrected chi connectivity index (χ0v) is 41.4. The molecule has 0 N–H and O–H groups in total. The van der Waals surface area contributed by atoms with Gasteiger partial charge in [0.2, 0.25) is 0 Å². The summed E-state index contributed by atoms with van der Waals surface area (Å²) >= 11 is 0. The van der Waals surface area contributed by atoms with Crippen molar-refractivity contribution in [2.24, 2.45) is 0 Å². The first-order valence-electron chi connectivity index (χ1n) is 25.8. The summed E-state index contributed by atoms with van der Waals surface area (Å²) in [7, 11) is 0. The van der Waals surface area contributed by atoms with Crippen molar-refractivity contribution in [3.8, 4) is 89.0 Å². The van der Waals surface area contributed by atoms with Gasteiger partial charge in [0.1, 0.15) is 0 Å². The Balaban J connectivity index is 1.01. The topological polar surface area (TPSA) is 3.24 Å². The van der Waals surface area contributed by atoms with Gasteiger partial charge >= 0.3 is 0 Å². The Morgan fingerprint density at radius 1 is 0.187 bits per heavy atom. The molecule has 0 heterocycles. The van der Waals surface area contributed by atoms with E-state index >= 15 is 0 Å². The van der Waals surface area contributed by atoms with Crippen LogP contribution in [0.3, 0.4) is 0 Å². The highest BCUT2D eigenvalue weighted by atomic mass is 15.1. The van der Waals surface area contributed by atoms with Crippen LogP contribution in [0.4, 0.5) is 17.1 Å². The fourth-order valence-electron chi connectivity index (χ4n) is 11.2. The first kappa shape index (κ1) is 45.1. The molecule has 0 atom stereocenters. The zero-order valence-electron chi connectivity index (χ0n) is 41.4. The van der Waals surface area contributed by atoms with E-state index in [4.69, 9.17) is 0 Å². The molecule has 0 saturated heterocycles. The molecule has 13 aromatic rings. The Bertz CT molecular complexity index is 4040. The maximum atomic E-state index is 2.47. The van der Waals surface area contributed by atoms with Gasteiger partial charge in [0, 0.05) is 22.5 Å². The summed E-state index contributed by atoms with van der Waals surface area (Å²) in [5, 5.41) is 4.97. The fraction of sp³-hybridized carbons (Fsp3) is 0. The van der Waals surface area contributed by atoms with Crippen molar-refractivity contribution >= 4 is 38.6 Å². The van der Waals surface area contributed by atoms with Crippen LogP contribution in [0.15, 0.2) is 309 Å². The second-order valence-electron chi connectivity index (χ2n) is 19.1. The van der Waals surface area contributed by atoms with Crippen LogP contribution in [0, 0.1) is 0 Å². The quantitative estimate of drug-likeness (QED) is 0.117. The maximum absolute atomic E-state index is 2.47. The van der Waals surface area contributed by atoms with Crippen molar-refractivity contribution in [1.82, 2.24) is 0 Å². The monoisotopic (exact) mass is 953 g/mol. The first-order valence-corrected chi connectivity index (χ1v) is 25.8. The first-order chi connectivity index (χ1) is 37.2. The number of benzene rings is 13. The Morgan fingerprint density at radius 2 is 0.547 bits per heavy atom. The van der Waals surface area contributed by atoms with Gasteiger partial charge in [-0.2, -0.15) is 0 Å². The molecule has 352 valence electrons. The molecule has 0 aliphatic carbocycles. The number of anilines is 3. The van der Waals surface area contributed by atoms with Gasteiger partial charge in [-0.1, -0.05) is 279 Å². The molecule has 0 aromatic heterocycles. The lowest BCUT2D eigenvalue weighted by Crippen LogP contribution is -2.12. The highest BCUT2D eigenvalue weighted by Crippen LogP contribution is 2.50. The average Bonchev–Trinajstić information content (AvgIpc) is 3.50. The van der Waals surface area contributed by atoms with E-state index in [1.807, 2.05) is 0 Å². The van der Waals surface area contributed by atoms with Crippen molar-refractivity contribution in [3.63, 3.8) is 0 Å². The lowest BCUT2D eigenvalue weighted by atomic mass is 9.82. The van der Waals surface area contributed by atoms with Gasteiger partial charge < -0.3 is 4.90 Å². The summed E-state index contributed by atoms with van der Waals surface area (Å²) in [6, 6.07) is 113. The minimum absolute atomic E-state index is 1.06. The third-order valence-corrected chi connectivity index (χ3v) is 14.7. The molecule has 0 aliphatic rings. The number of hydrogen-bond acceptors (Lipinski definition) is 1. The van der Waals surface area contributed by atoms with Gasteiger partial charge in [0.25, 0.3) is 0 Å². The Morgan fingerprint density at radius 3 is 1.07 bits per heavy atom. The predicted octanol–water partition coefficient (Wildman–Crippen LogP) is 20.8. The SMILES string of the molecule is c1ccc(-c2ccc(-c3ccc(N(c4ccc(-c5cccc6c5c(-c5ccccc5)c(-c5ccccc5)c5ccccc56)cc4)c4c(-c5ccccc5)cccc4-c4ccccc4)cc3)c(-c3ccccc3)c2)cc1. The highest BCUT2D eigenvalue weighted by molar-refractivity contribution is 6.25. The molecule has 13 rings (SSSR count). The van der Waals surface area contributed by atoms with E-state index in [9.17, 15) is 0 Å². The van der Waals surface area contributed by atoms with Crippen molar-refractivity contribution < 1.29 is 0 Å². The zero-order chi connectivity index (χ0) is 49.9. The molecule has 1 heteroatoms. The summed E-state index contributed by atoms with van der Waals surface area (Å²) in [4.78, 5) is 2.47. The minimum Gasteiger partial charge on any atom is -0.309 e. The van der Waals surface area contributed by atoms with Crippen LogP contribution < -0.4 is 4.90 Å². The molecule has 0 fully saturated rings. The number of para-hydroxylation sites is 1. The third kappa shape index (κ3) is 8.57. The van der Waals surface area contributed by atoms with Crippen molar-refractivity contribution in [2.45, 2.75) is 0 Å². The Labute approximate surface area is 439 Å². The van der Waals surface area contributed by atoms with Crippen LogP contribution in [0.1, 0.15) is 0 Å². The number of fused-ring (bicyclic) bond motifs is 3. The largest absolute Gasteiger partial charge is 0.309 e. The highest BCUT2D eigenvalue weighted by Gasteiger charge is 2.24. The summed E-state index contributed by atoms with van der Waals surface area (Å²) in [6.07, 6.45) is 0. The van der Waals surface area contributed by atoms with Crippen molar-refractivity contribution in [2.75, 3.05) is 4.90 Å². The minimum atomic E-state index is 1.06. The van der Waals surface area contributed by atoms with Crippen LogP contribution in [0.2, 0.25) is 0 Å². The molecule has 0 spiro atoms. The lowest BCUT2D eigenvalue weighted by Gasteiger charge is -2.31. The van der Waals surface area contributed by atoms with E-state index < -0.39 is 0 Å². The van der Waals surface area contributed by atoms with Gasteiger partial charge in [-0.15, -0.1) is 0 Å². The normalized spacial score (nSPS) is 11.2. The van der Waals surface area contributed by atoms with Crippen LogP contribution in [0.5, 0.6) is 0 Å². The van der Waals surface area contributed by atoms with E-state index in [0.717, 1.165) is 50.4 Å². The second kappa shape index (κ2) is 20.0. The predicted molar refractivity (Wildman–Crippen MR) is 320 cm³/mol. The van der Waals surface area contributed by atoms with E-state index in [2.05, 4.69) is 314 Å². The summed E-state index contributed by atoms with van der Waals surface area (Å²) < 4.78 is 0. The second-order valence-corrected chi connectivity index (χ2v) is 19.1. The Hall–Kier alpha value is -9.82. The van der Waals surface area contributed by atoms with E-state index in [-0.39, 0.29) is 0 Å². The van der Waals surface area contributed by atoms with Crippen molar-refractivity contribution in [1.29, 1.82) is 0 Å². The number of nitrogens with zero attached hydrogens (tertiary/aromatic N) is 1. The van der Waals surface area contributed by atoms with Gasteiger partial charge in [-0.25, -0.2) is 0 Å². The van der Waals surface area contributed by atoms with Crippen molar-refractivity contribution in [3.05, 3.63) is 309 Å². The molecule has 0 unspecified atom stereocenters. The van der Waals surface area contributed by atoms with Gasteiger partial charge in [-0.05, 0) is 130 Å². The molecular weight excluding hydrogens is 903 g/mol. The maximum Gasteiger partial charge on any atom is 0.0618 e. The molecule has 13 aromatic carbocycles. The third-order valence-electron chi connectivity index (χ3n) is 14.7. The van der Waals surface area contributed by atoms with Crippen LogP contribution in [-0.4, -0.2) is 0 Å².